The number of hydrogen-bond acceptors (Lipinski definition) is 3. The fraction of sp³-hybridized carbons (Fsp3) is 0.400. The van der Waals surface area contributed by atoms with Gasteiger partial charge < -0.3 is 10.4 Å². The van der Waals surface area contributed by atoms with Gasteiger partial charge >= 0.3 is 5.97 Å². The minimum absolute atomic E-state index is 0.568. The van der Waals surface area contributed by atoms with E-state index in [4.69, 9.17) is 5.11 Å². The normalized spacial score (nSPS) is 20.2. The summed E-state index contributed by atoms with van der Waals surface area (Å²) in [6.45, 7) is 2.60. The molecule has 1 aliphatic rings. The summed E-state index contributed by atoms with van der Waals surface area (Å²) in [7, 11) is 0. The van der Waals surface area contributed by atoms with Gasteiger partial charge in [0.1, 0.15) is 6.04 Å². The Bertz CT molecular complexity index is 376. The number of fused-ring (bicyclic) bond motifs is 1. The van der Waals surface area contributed by atoms with Crippen molar-refractivity contribution in [2.45, 2.75) is 19.4 Å². The minimum Gasteiger partial charge on any atom is -0.480 e. The topological polar surface area (TPSA) is 62.2 Å². The van der Waals surface area contributed by atoms with Gasteiger partial charge in [-0.15, -0.1) is 0 Å². The summed E-state index contributed by atoms with van der Waals surface area (Å²) in [6, 6.07) is -0.568. The molecule has 1 atom stereocenters. The zero-order chi connectivity index (χ0) is 10.1. The van der Waals surface area contributed by atoms with E-state index in [1.165, 1.54) is 0 Å². The first kappa shape index (κ1) is 9.15. The van der Waals surface area contributed by atoms with Crippen molar-refractivity contribution in [2.24, 2.45) is 0 Å². The average molecular weight is 192 g/mol. The van der Waals surface area contributed by atoms with Crippen LogP contribution in [0.15, 0.2) is 12.4 Å². The van der Waals surface area contributed by atoms with Crippen LogP contribution in [0.3, 0.4) is 0 Å². The maximum atomic E-state index is 11.0. The van der Waals surface area contributed by atoms with E-state index in [-0.39, 0.29) is 0 Å². The second-order valence-electron chi connectivity index (χ2n) is 3.50. The van der Waals surface area contributed by atoms with E-state index in [1.54, 1.807) is 12.4 Å². The predicted octanol–water partition coefficient (Wildman–Crippen LogP) is 0.661. The summed E-state index contributed by atoms with van der Waals surface area (Å²) in [5, 5.41) is 12.0. The van der Waals surface area contributed by atoms with Gasteiger partial charge in [-0.2, -0.15) is 0 Å². The van der Waals surface area contributed by atoms with Gasteiger partial charge in [0.25, 0.3) is 0 Å². The van der Waals surface area contributed by atoms with E-state index >= 15 is 0 Å². The lowest BCUT2D eigenvalue weighted by Gasteiger charge is -2.24. The quantitative estimate of drug-likeness (QED) is 0.686. The maximum Gasteiger partial charge on any atom is 0.325 e. The smallest absolute Gasteiger partial charge is 0.325 e. The Labute approximate surface area is 82.0 Å². The van der Waals surface area contributed by atoms with E-state index in [1.807, 2.05) is 6.92 Å². The molecule has 0 amide bonds. The Morgan fingerprint density at radius 2 is 2.43 bits per heavy atom. The number of rotatable bonds is 1. The highest BCUT2D eigenvalue weighted by atomic mass is 16.4. The Hall–Kier alpha value is -1.42. The number of hydrogen-bond donors (Lipinski definition) is 2. The molecule has 1 aromatic heterocycles. The number of carbonyl (C=O) groups is 1. The van der Waals surface area contributed by atoms with Crippen molar-refractivity contribution in [1.82, 2.24) is 10.3 Å². The molecule has 0 aliphatic carbocycles. The van der Waals surface area contributed by atoms with Gasteiger partial charge in [-0.1, -0.05) is 0 Å². The Morgan fingerprint density at radius 3 is 3.14 bits per heavy atom. The molecule has 0 spiro atoms. The number of pyridine rings is 1. The van der Waals surface area contributed by atoms with Gasteiger partial charge in [-0.05, 0) is 30.0 Å². The van der Waals surface area contributed by atoms with Gasteiger partial charge in [0.15, 0.2) is 0 Å². The van der Waals surface area contributed by atoms with Crippen LogP contribution in [-0.4, -0.2) is 22.6 Å². The summed E-state index contributed by atoms with van der Waals surface area (Å²) >= 11 is 0. The molecule has 0 aromatic carbocycles. The molecule has 0 fully saturated rings. The predicted molar refractivity (Wildman–Crippen MR) is 51.1 cm³/mol. The highest BCUT2D eigenvalue weighted by Crippen LogP contribution is 2.25. The number of aliphatic carboxylic acids is 1. The number of carboxylic acids is 1. The first-order valence-electron chi connectivity index (χ1n) is 4.59. The lowest BCUT2D eigenvalue weighted by Crippen LogP contribution is -2.35. The molecule has 0 saturated heterocycles. The van der Waals surface area contributed by atoms with Crippen molar-refractivity contribution >= 4 is 5.97 Å². The fourth-order valence-electron chi connectivity index (χ4n) is 1.91. The van der Waals surface area contributed by atoms with Crippen molar-refractivity contribution in [2.75, 3.05) is 6.54 Å². The highest BCUT2D eigenvalue weighted by Gasteiger charge is 2.27. The summed E-state index contributed by atoms with van der Waals surface area (Å²) in [6.07, 6.45) is 4.33. The van der Waals surface area contributed by atoms with E-state index in [0.717, 1.165) is 23.1 Å². The van der Waals surface area contributed by atoms with Crippen LogP contribution in [0, 0.1) is 6.92 Å². The van der Waals surface area contributed by atoms with Crippen molar-refractivity contribution in [3.05, 3.63) is 29.1 Å². The average Bonchev–Trinajstić information content (AvgIpc) is 2.17. The third-order valence-electron chi connectivity index (χ3n) is 2.55. The third kappa shape index (κ3) is 1.37. The van der Waals surface area contributed by atoms with Crippen LogP contribution in [0.25, 0.3) is 0 Å². The monoisotopic (exact) mass is 192 g/mol. The van der Waals surface area contributed by atoms with E-state index in [9.17, 15) is 4.79 Å². The third-order valence-corrected chi connectivity index (χ3v) is 2.55. The van der Waals surface area contributed by atoms with Crippen molar-refractivity contribution < 1.29 is 9.90 Å². The maximum absolute atomic E-state index is 11.0. The molecular formula is C10H12N2O2. The van der Waals surface area contributed by atoms with Crippen molar-refractivity contribution in [3.8, 4) is 0 Å². The van der Waals surface area contributed by atoms with Crippen LogP contribution in [0.2, 0.25) is 0 Å². The van der Waals surface area contributed by atoms with E-state index < -0.39 is 12.0 Å². The zero-order valence-electron chi connectivity index (χ0n) is 7.95. The molecular weight excluding hydrogens is 180 g/mol. The first-order chi connectivity index (χ1) is 6.70. The van der Waals surface area contributed by atoms with Gasteiger partial charge in [-0.25, -0.2) is 0 Å². The number of nitrogens with zero attached hydrogens (tertiary/aromatic N) is 1. The molecule has 1 aromatic rings. The molecule has 1 aliphatic heterocycles. The fourth-order valence-corrected chi connectivity index (χ4v) is 1.91. The second-order valence-corrected chi connectivity index (χ2v) is 3.50. The lowest BCUT2D eigenvalue weighted by molar-refractivity contribution is -0.139. The molecule has 0 bridgehead atoms. The van der Waals surface area contributed by atoms with Gasteiger partial charge in [0.05, 0.1) is 0 Å². The van der Waals surface area contributed by atoms with Crippen LogP contribution >= 0.6 is 0 Å². The van der Waals surface area contributed by atoms with Crippen LogP contribution in [0.1, 0.15) is 22.7 Å². The molecule has 4 nitrogen and oxygen atoms in total. The van der Waals surface area contributed by atoms with E-state index in [0.29, 0.717) is 6.54 Å². The van der Waals surface area contributed by atoms with Crippen molar-refractivity contribution in [3.63, 3.8) is 0 Å². The first-order valence-corrected chi connectivity index (χ1v) is 4.59. The lowest BCUT2D eigenvalue weighted by atomic mass is 9.93. The number of nitrogens with one attached hydrogen (secondary N) is 1. The molecule has 2 heterocycles. The molecule has 4 heteroatoms. The van der Waals surface area contributed by atoms with Gasteiger partial charge in [-0.3, -0.25) is 9.78 Å². The Morgan fingerprint density at radius 1 is 1.64 bits per heavy atom. The molecule has 2 N–H and O–H groups in total. The summed E-state index contributed by atoms with van der Waals surface area (Å²) in [4.78, 5) is 15.1. The highest BCUT2D eigenvalue weighted by molar-refractivity contribution is 5.77. The van der Waals surface area contributed by atoms with Crippen molar-refractivity contribution in [1.29, 1.82) is 0 Å². The SMILES string of the molecule is Cc1cncc2c1C(C(=O)O)NCC2. The Balaban J connectivity index is 2.52. The molecule has 2 rings (SSSR count). The molecule has 14 heavy (non-hydrogen) atoms. The van der Waals surface area contributed by atoms with Crippen LogP contribution < -0.4 is 5.32 Å². The largest absolute Gasteiger partial charge is 0.480 e. The molecule has 0 radical (unpaired) electrons. The number of aryl methyl sites for hydroxylation is 1. The van der Waals surface area contributed by atoms with Gasteiger partial charge in [0.2, 0.25) is 0 Å². The second kappa shape index (κ2) is 3.38. The molecule has 0 saturated carbocycles. The molecule has 74 valence electrons. The van der Waals surface area contributed by atoms with Crippen LogP contribution in [0.4, 0.5) is 0 Å². The summed E-state index contributed by atoms with van der Waals surface area (Å²) < 4.78 is 0. The molecule has 1 unspecified atom stereocenters. The zero-order valence-corrected chi connectivity index (χ0v) is 7.95. The van der Waals surface area contributed by atoms with E-state index in [2.05, 4.69) is 10.3 Å². The summed E-state index contributed by atoms with van der Waals surface area (Å²) in [5.74, 6) is -0.819. The number of aromatic nitrogens is 1. The summed E-state index contributed by atoms with van der Waals surface area (Å²) in [5.41, 5.74) is 2.89. The van der Waals surface area contributed by atoms with Gasteiger partial charge in [0, 0.05) is 18.9 Å². The minimum atomic E-state index is -0.819. The Kier molecular flexibility index (Phi) is 2.21. The van der Waals surface area contributed by atoms with Crippen LogP contribution in [0.5, 0.6) is 0 Å². The number of carboxylic acid groups (broad SMARTS) is 1. The van der Waals surface area contributed by atoms with Crippen LogP contribution in [-0.2, 0) is 11.2 Å². The standard InChI is InChI=1S/C10H12N2O2/c1-6-4-11-5-7-2-3-12-9(8(6)7)10(13)14/h4-5,9,12H,2-3H2,1H3,(H,13,14).